The van der Waals surface area contributed by atoms with E-state index in [-0.39, 0.29) is 0 Å². The van der Waals surface area contributed by atoms with Crippen LogP contribution in [0.4, 0.5) is 17.1 Å². The molecule has 0 amide bonds. The van der Waals surface area contributed by atoms with Gasteiger partial charge in [0.2, 0.25) is 0 Å². The zero-order valence-electron chi connectivity index (χ0n) is 20.4. The third-order valence-electron chi connectivity index (χ3n) is 7.21. The van der Waals surface area contributed by atoms with Crippen LogP contribution in [0.15, 0.2) is 152 Å². The molecule has 7 rings (SSSR count). The second-order valence-electron chi connectivity index (χ2n) is 9.44. The van der Waals surface area contributed by atoms with Crippen LogP contribution in [0, 0.1) is 0 Å². The van der Waals surface area contributed by atoms with E-state index >= 15 is 0 Å². The van der Waals surface area contributed by atoms with Gasteiger partial charge in [-0.2, -0.15) is 0 Å². The Labute approximate surface area is 216 Å². The number of anilines is 3. The minimum absolute atomic E-state index is 1.14. The molecule has 0 heterocycles. The Balaban J connectivity index is 1.50. The van der Waals surface area contributed by atoms with Crippen LogP contribution in [0.25, 0.3) is 43.4 Å². The first-order valence-corrected chi connectivity index (χ1v) is 12.7. The van der Waals surface area contributed by atoms with Crippen LogP contribution in [-0.4, -0.2) is 0 Å². The van der Waals surface area contributed by atoms with Gasteiger partial charge >= 0.3 is 0 Å². The van der Waals surface area contributed by atoms with Crippen molar-refractivity contribution in [3.05, 3.63) is 152 Å². The molecule has 0 aliphatic carbocycles. The molecule has 0 fully saturated rings. The highest BCUT2D eigenvalue weighted by molar-refractivity contribution is 6.07. The van der Waals surface area contributed by atoms with Gasteiger partial charge in [0, 0.05) is 16.8 Å². The van der Waals surface area contributed by atoms with Crippen LogP contribution in [0.1, 0.15) is 0 Å². The standard InChI is InChI=1S/C36H25N/c1-2-12-28(13-3-1)33-22-23-36(35-17-9-8-16-34(33)35)37(31-20-18-26-10-4-6-14-29(26)24-31)32-21-19-27-11-5-7-15-30(27)25-32/h1-25H. The summed E-state index contributed by atoms with van der Waals surface area (Å²) in [6, 6.07) is 54.6. The molecule has 37 heavy (non-hydrogen) atoms. The fourth-order valence-corrected chi connectivity index (χ4v) is 5.41. The lowest BCUT2D eigenvalue weighted by molar-refractivity contribution is 1.31. The van der Waals surface area contributed by atoms with Crippen LogP contribution in [-0.2, 0) is 0 Å². The highest BCUT2D eigenvalue weighted by atomic mass is 15.1. The van der Waals surface area contributed by atoms with Gasteiger partial charge < -0.3 is 4.90 Å². The average Bonchev–Trinajstić information content (AvgIpc) is 2.98. The lowest BCUT2D eigenvalue weighted by Gasteiger charge is -2.28. The quantitative estimate of drug-likeness (QED) is 0.247. The predicted molar refractivity (Wildman–Crippen MR) is 159 cm³/mol. The first kappa shape index (κ1) is 21.4. The summed E-state index contributed by atoms with van der Waals surface area (Å²) >= 11 is 0. The molecular formula is C36H25N. The maximum absolute atomic E-state index is 2.40. The molecular weight excluding hydrogens is 446 g/mol. The Morgan fingerprint density at radius 3 is 1.49 bits per heavy atom. The van der Waals surface area contributed by atoms with Crippen molar-refractivity contribution >= 4 is 49.4 Å². The third kappa shape index (κ3) is 3.82. The van der Waals surface area contributed by atoms with Gasteiger partial charge in [0.1, 0.15) is 0 Å². The molecule has 0 aromatic heterocycles. The second-order valence-corrected chi connectivity index (χ2v) is 9.44. The molecule has 7 aromatic carbocycles. The van der Waals surface area contributed by atoms with Crippen molar-refractivity contribution in [1.82, 2.24) is 0 Å². The summed E-state index contributed by atoms with van der Waals surface area (Å²) in [5.74, 6) is 0. The first-order chi connectivity index (χ1) is 18.3. The highest BCUT2D eigenvalue weighted by Crippen LogP contribution is 2.43. The van der Waals surface area contributed by atoms with Crippen LogP contribution in [0.2, 0.25) is 0 Å². The van der Waals surface area contributed by atoms with Crippen molar-refractivity contribution in [3.8, 4) is 11.1 Å². The Hall–Kier alpha value is -4.88. The molecule has 0 aliphatic heterocycles. The fraction of sp³-hybridized carbons (Fsp3) is 0. The molecule has 1 nitrogen and oxygen atoms in total. The lowest BCUT2D eigenvalue weighted by atomic mass is 9.96. The summed E-state index contributed by atoms with van der Waals surface area (Å²) in [6.07, 6.45) is 0. The van der Waals surface area contributed by atoms with Gasteiger partial charge in [-0.1, -0.05) is 121 Å². The zero-order valence-corrected chi connectivity index (χ0v) is 20.4. The van der Waals surface area contributed by atoms with Gasteiger partial charge in [0.15, 0.2) is 0 Å². The monoisotopic (exact) mass is 471 g/mol. The second kappa shape index (κ2) is 8.96. The molecule has 0 saturated carbocycles. The molecule has 7 aromatic rings. The smallest absolute Gasteiger partial charge is 0.0540 e. The highest BCUT2D eigenvalue weighted by Gasteiger charge is 2.18. The van der Waals surface area contributed by atoms with Crippen molar-refractivity contribution in [3.63, 3.8) is 0 Å². The SMILES string of the molecule is c1ccc(-c2ccc(N(c3ccc4ccccc4c3)c3ccc4ccccc4c3)c3ccccc23)cc1. The van der Waals surface area contributed by atoms with Crippen molar-refractivity contribution in [2.45, 2.75) is 0 Å². The normalized spacial score (nSPS) is 11.2. The van der Waals surface area contributed by atoms with E-state index in [9.17, 15) is 0 Å². The number of benzene rings is 7. The molecule has 0 saturated heterocycles. The molecule has 0 radical (unpaired) electrons. The zero-order chi connectivity index (χ0) is 24.6. The van der Waals surface area contributed by atoms with Crippen molar-refractivity contribution < 1.29 is 0 Å². The number of hydrogen-bond acceptors (Lipinski definition) is 1. The van der Waals surface area contributed by atoms with E-state index in [1.54, 1.807) is 0 Å². The Bertz CT molecular complexity index is 1810. The van der Waals surface area contributed by atoms with Crippen molar-refractivity contribution in [2.24, 2.45) is 0 Å². The number of fused-ring (bicyclic) bond motifs is 3. The van der Waals surface area contributed by atoms with E-state index in [1.165, 1.54) is 49.1 Å². The minimum Gasteiger partial charge on any atom is -0.310 e. The van der Waals surface area contributed by atoms with Gasteiger partial charge in [-0.25, -0.2) is 0 Å². The first-order valence-electron chi connectivity index (χ1n) is 12.7. The molecule has 0 aliphatic rings. The summed E-state index contributed by atoms with van der Waals surface area (Å²) in [7, 11) is 0. The van der Waals surface area contributed by atoms with E-state index in [4.69, 9.17) is 0 Å². The number of nitrogens with zero attached hydrogens (tertiary/aromatic N) is 1. The molecule has 1 heteroatoms. The predicted octanol–water partition coefficient (Wildman–Crippen LogP) is 10.3. The van der Waals surface area contributed by atoms with E-state index in [1.807, 2.05) is 0 Å². The maximum atomic E-state index is 2.40. The Kier molecular flexibility index (Phi) is 5.19. The summed E-state index contributed by atoms with van der Waals surface area (Å²) in [5.41, 5.74) is 5.93. The van der Waals surface area contributed by atoms with Crippen LogP contribution >= 0.6 is 0 Å². The molecule has 0 bridgehead atoms. The van der Waals surface area contributed by atoms with Crippen LogP contribution in [0.5, 0.6) is 0 Å². The average molecular weight is 472 g/mol. The van der Waals surface area contributed by atoms with E-state index in [2.05, 4.69) is 157 Å². The topological polar surface area (TPSA) is 3.24 Å². The summed E-state index contributed by atoms with van der Waals surface area (Å²) in [4.78, 5) is 2.40. The molecule has 0 N–H and O–H groups in total. The van der Waals surface area contributed by atoms with E-state index in [0.29, 0.717) is 0 Å². The van der Waals surface area contributed by atoms with Gasteiger partial charge in [-0.05, 0) is 68.4 Å². The minimum atomic E-state index is 1.14. The summed E-state index contributed by atoms with van der Waals surface area (Å²) in [5, 5.41) is 7.43. The van der Waals surface area contributed by atoms with Crippen molar-refractivity contribution in [1.29, 1.82) is 0 Å². The third-order valence-corrected chi connectivity index (χ3v) is 7.21. The lowest BCUT2D eigenvalue weighted by Crippen LogP contribution is -2.10. The van der Waals surface area contributed by atoms with E-state index in [0.717, 1.165) is 11.4 Å². The van der Waals surface area contributed by atoms with Gasteiger partial charge in [0.25, 0.3) is 0 Å². The van der Waals surface area contributed by atoms with Gasteiger partial charge in [-0.3, -0.25) is 0 Å². The van der Waals surface area contributed by atoms with Crippen LogP contribution in [0.3, 0.4) is 0 Å². The largest absolute Gasteiger partial charge is 0.310 e. The molecule has 0 atom stereocenters. The Morgan fingerprint density at radius 2 is 0.865 bits per heavy atom. The maximum Gasteiger partial charge on any atom is 0.0540 e. The number of hydrogen-bond donors (Lipinski definition) is 0. The molecule has 0 unspecified atom stereocenters. The van der Waals surface area contributed by atoms with Gasteiger partial charge in [-0.15, -0.1) is 0 Å². The molecule has 174 valence electrons. The van der Waals surface area contributed by atoms with E-state index < -0.39 is 0 Å². The summed E-state index contributed by atoms with van der Waals surface area (Å²) in [6.45, 7) is 0. The van der Waals surface area contributed by atoms with Gasteiger partial charge in [0.05, 0.1) is 5.69 Å². The molecule has 0 spiro atoms. The fourth-order valence-electron chi connectivity index (χ4n) is 5.41. The summed E-state index contributed by atoms with van der Waals surface area (Å²) < 4.78 is 0. The Morgan fingerprint density at radius 1 is 0.351 bits per heavy atom. The van der Waals surface area contributed by atoms with Crippen molar-refractivity contribution in [2.75, 3.05) is 4.90 Å². The number of rotatable bonds is 4. The van der Waals surface area contributed by atoms with Crippen LogP contribution < -0.4 is 4.90 Å².